The molecule has 0 spiro atoms. The Kier molecular flexibility index (Phi) is 2.32. The summed E-state index contributed by atoms with van der Waals surface area (Å²) in [7, 11) is 0. The third kappa shape index (κ3) is 1.67. The number of hydrogen-bond donors (Lipinski definition) is 2. The Labute approximate surface area is 87.3 Å². The van der Waals surface area contributed by atoms with Gasteiger partial charge in [0.2, 0.25) is 5.95 Å². The maximum Gasteiger partial charge on any atom is 0.220 e. The van der Waals surface area contributed by atoms with E-state index in [1.165, 1.54) is 0 Å². The standard InChI is InChI=1S/C8H14N4OS/c1-8(3-2-4-13-8)5-12-6(9)10-11-7(12)14/h2-5H2,1H3,(H2,9,10)(H,11,14). The lowest BCUT2D eigenvalue weighted by Gasteiger charge is -2.23. The molecule has 1 aliphatic rings. The number of anilines is 1. The third-order valence-electron chi connectivity index (χ3n) is 2.58. The Morgan fingerprint density at radius 1 is 1.79 bits per heavy atom. The first kappa shape index (κ1) is 9.67. The van der Waals surface area contributed by atoms with E-state index in [1.54, 1.807) is 4.57 Å². The molecule has 0 bridgehead atoms. The second-order valence-electron chi connectivity index (χ2n) is 3.88. The molecule has 0 amide bonds. The summed E-state index contributed by atoms with van der Waals surface area (Å²) in [4.78, 5) is 0. The Bertz CT molecular complexity index is 377. The van der Waals surface area contributed by atoms with E-state index in [0.29, 0.717) is 17.3 Å². The number of nitrogens with one attached hydrogen (secondary N) is 1. The van der Waals surface area contributed by atoms with E-state index in [-0.39, 0.29) is 5.60 Å². The number of nitrogens with two attached hydrogens (primary N) is 1. The quantitative estimate of drug-likeness (QED) is 0.723. The van der Waals surface area contributed by atoms with Crippen molar-refractivity contribution < 1.29 is 4.74 Å². The first-order chi connectivity index (χ1) is 6.61. The molecular weight excluding hydrogens is 200 g/mol. The molecule has 2 heterocycles. The summed E-state index contributed by atoms with van der Waals surface area (Å²) >= 11 is 5.07. The number of nitrogen functional groups attached to an aromatic ring is 1. The summed E-state index contributed by atoms with van der Waals surface area (Å²) in [6.45, 7) is 3.57. The molecule has 1 aliphatic heterocycles. The zero-order valence-electron chi connectivity index (χ0n) is 8.12. The summed E-state index contributed by atoms with van der Waals surface area (Å²) in [5.41, 5.74) is 5.53. The van der Waals surface area contributed by atoms with Gasteiger partial charge in [-0.15, -0.1) is 5.10 Å². The molecule has 0 saturated carbocycles. The first-order valence-electron chi connectivity index (χ1n) is 4.65. The van der Waals surface area contributed by atoms with Crippen molar-refractivity contribution in [2.24, 2.45) is 0 Å². The van der Waals surface area contributed by atoms with Crippen molar-refractivity contribution in [1.82, 2.24) is 14.8 Å². The highest BCUT2D eigenvalue weighted by atomic mass is 32.1. The van der Waals surface area contributed by atoms with Gasteiger partial charge >= 0.3 is 0 Å². The van der Waals surface area contributed by atoms with Crippen molar-refractivity contribution in [3.8, 4) is 0 Å². The van der Waals surface area contributed by atoms with Gasteiger partial charge in [-0.1, -0.05) is 0 Å². The molecule has 1 aromatic heterocycles. The number of nitrogens with zero attached hydrogens (tertiary/aromatic N) is 2. The van der Waals surface area contributed by atoms with Crippen LogP contribution in [0.25, 0.3) is 0 Å². The molecule has 0 radical (unpaired) electrons. The molecule has 78 valence electrons. The van der Waals surface area contributed by atoms with Crippen LogP contribution in [0, 0.1) is 4.77 Å². The second kappa shape index (κ2) is 3.36. The fraction of sp³-hybridized carbons (Fsp3) is 0.750. The van der Waals surface area contributed by atoms with Crippen molar-refractivity contribution in [2.45, 2.75) is 31.9 Å². The molecule has 1 atom stereocenters. The molecule has 1 fully saturated rings. The summed E-state index contributed by atoms with van der Waals surface area (Å²) in [6, 6.07) is 0. The van der Waals surface area contributed by atoms with Crippen LogP contribution < -0.4 is 5.73 Å². The van der Waals surface area contributed by atoms with Crippen molar-refractivity contribution in [3.63, 3.8) is 0 Å². The topological polar surface area (TPSA) is 68.9 Å². The minimum atomic E-state index is -0.143. The van der Waals surface area contributed by atoms with E-state index < -0.39 is 0 Å². The Morgan fingerprint density at radius 2 is 2.57 bits per heavy atom. The van der Waals surface area contributed by atoms with Crippen LogP contribution in [-0.4, -0.2) is 27.0 Å². The molecule has 2 rings (SSSR count). The minimum Gasteiger partial charge on any atom is -0.373 e. The van der Waals surface area contributed by atoms with E-state index in [4.69, 9.17) is 22.7 Å². The minimum absolute atomic E-state index is 0.143. The smallest absolute Gasteiger partial charge is 0.220 e. The Hall–Kier alpha value is -0.880. The number of hydrogen-bond acceptors (Lipinski definition) is 4. The van der Waals surface area contributed by atoms with Gasteiger partial charge in [-0.05, 0) is 32.0 Å². The van der Waals surface area contributed by atoms with E-state index >= 15 is 0 Å². The summed E-state index contributed by atoms with van der Waals surface area (Å²) in [5, 5.41) is 6.52. The van der Waals surface area contributed by atoms with E-state index in [2.05, 4.69) is 17.1 Å². The van der Waals surface area contributed by atoms with Gasteiger partial charge in [0.1, 0.15) is 0 Å². The third-order valence-corrected chi connectivity index (χ3v) is 2.89. The number of rotatable bonds is 2. The molecule has 1 saturated heterocycles. The van der Waals surface area contributed by atoms with E-state index in [1.807, 2.05) is 0 Å². The molecule has 5 nitrogen and oxygen atoms in total. The summed E-state index contributed by atoms with van der Waals surface area (Å²) < 4.78 is 7.99. The maximum atomic E-state index is 5.68. The molecule has 0 aliphatic carbocycles. The van der Waals surface area contributed by atoms with Crippen molar-refractivity contribution in [2.75, 3.05) is 12.3 Å². The zero-order valence-corrected chi connectivity index (χ0v) is 8.93. The fourth-order valence-corrected chi connectivity index (χ4v) is 1.98. The summed E-state index contributed by atoms with van der Waals surface area (Å²) in [6.07, 6.45) is 2.14. The van der Waals surface area contributed by atoms with Crippen molar-refractivity contribution in [1.29, 1.82) is 0 Å². The number of ether oxygens (including phenoxy) is 1. The second-order valence-corrected chi connectivity index (χ2v) is 4.26. The first-order valence-corrected chi connectivity index (χ1v) is 5.06. The van der Waals surface area contributed by atoms with Crippen LogP contribution in [0.4, 0.5) is 5.95 Å². The van der Waals surface area contributed by atoms with E-state index in [9.17, 15) is 0 Å². The molecule has 3 N–H and O–H groups in total. The lowest BCUT2D eigenvalue weighted by Crippen LogP contribution is -2.30. The van der Waals surface area contributed by atoms with Gasteiger partial charge in [0.25, 0.3) is 0 Å². The van der Waals surface area contributed by atoms with Gasteiger partial charge < -0.3 is 10.5 Å². The van der Waals surface area contributed by atoms with Gasteiger partial charge in [0, 0.05) is 6.61 Å². The predicted octanol–water partition coefficient (Wildman–Crippen LogP) is 1.09. The van der Waals surface area contributed by atoms with Gasteiger partial charge in [0.15, 0.2) is 4.77 Å². The summed E-state index contributed by atoms with van der Waals surface area (Å²) in [5.74, 6) is 0.423. The SMILES string of the molecule is CC1(Cn2c(N)n[nH]c2=S)CCCO1. The van der Waals surface area contributed by atoms with Crippen LogP contribution in [0.1, 0.15) is 19.8 Å². The average molecular weight is 214 g/mol. The van der Waals surface area contributed by atoms with Crippen LogP contribution in [0.3, 0.4) is 0 Å². The number of H-pyrrole nitrogens is 1. The highest BCUT2D eigenvalue weighted by molar-refractivity contribution is 7.71. The normalized spacial score (nSPS) is 26.9. The molecule has 0 aromatic carbocycles. The molecule has 14 heavy (non-hydrogen) atoms. The van der Waals surface area contributed by atoms with Gasteiger partial charge in [-0.3, -0.25) is 4.57 Å². The molecular formula is C8H14N4OS. The maximum absolute atomic E-state index is 5.68. The van der Waals surface area contributed by atoms with Crippen LogP contribution in [0.5, 0.6) is 0 Å². The highest BCUT2D eigenvalue weighted by Crippen LogP contribution is 2.27. The zero-order chi connectivity index (χ0) is 10.2. The number of aromatic nitrogens is 3. The van der Waals surface area contributed by atoms with E-state index in [0.717, 1.165) is 19.4 Å². The molecule has 1 unspecified atom stereocenters. The van der Waals surface area contributed by atoms with Gasteiger partial charge in [0.05, 0.1) is 12.1 Å². The monoisotopic (exact) mass is 214 g/mol. The van der Waals surface area contributed by atoms with Crippen LogP contribution in [-0.2, 0) is 11.3 Å². The van der Waals surface area contributed by atoms with Gasteiger partial charge in [-0.2, -0.15) is 0 Å². The van der Waals surface area contributed by atoms with Crippen molar-refractivity contribution >= 4 is 18.2 Å². The molecule has 6 heteroatoms. The van der Waals surface area contributed by atoms with Gasteiger partial charge in [-0.25, -0.2) is 5.10 Å². The Balaban J connectivity index is 2.21. The highest BCUT2D eigenvalue weighted by Gasteiger charge is 2.31. The number of aromatic amines is 1. The largest absolute Gasteiger partial charge is 0.373 e. The molecule has 1 aromatic rings. The lowest BCUT2D eigenvalue weighted by molar-refractivity contribution is 0.00633. The Morgan fingerprint density at radius 3 is 3.07 bits per heavy atom. The average Bonchev–Trinajstić information content (AvgIpc) is 2.68. The fourth-order valence-electron chi connectivity index (χ4n) is 1.78. The van der Waals surface area contributed by atoms with Crippen LogP contribution >= 0.6 is 12.2 Å². The van der Waals surface area contributed by atoms with Crippen molar-refractivity contribution in [3.05, 3.63) is 4.77 Å². The predicted molar refractivity (Wildman–Crippen MR) is 55.4 cm³/mol. The lowest BCUT2D eigenvalue weighted by atomic mass is 10.0. The van der Waals surface area contributed by atoms with Crippen LogP contribution in [0.2, 0.25) is 0 Å². The van der Waals surface area contributed by atoms with Crippen LogP contribution in [0.15, 0.2) is 0 Å².